The molecule has 0 aliphatic heterocycles. The van der Waals surface area contributed by atoms with Crippen molar-refractivity contribution in [2.45, 2.75) is 18.8 Å². The van der Waals surface area contributed by atoms with Gasteiger partial charge >= 0.3 is 6.18 Å². The van der Waals surface area contributed by atoms with Crippen molar-refractivity contribution >= 4 is 17.2 Å². The fraction of sp³-hybridized carbons (Fsp3) is 0.190. The van der Waals surface area contributed by atoms with Gasteiger partial charge in [-0.25, -0.2) is 9.97 Å². The molecule has 12 heteroatoms. The summed E-state index contributed by atoms with van der Waals surface area (Å²) in [6.07, 6.45) is 0.388. The molecule has 0 radical (unpaired) electrons. The van der Waals surface area contributed by atoms with E-state index in [1.807, 2.05) is 22.8 Å². The van der Waals surface area contributed by atoms with Gasteiger partial charge in [-0.3, -0.25) is 9.78 Å². The van der Waals surface area contributed by atoms with E-state index in [4.69, 9.17) is 4.74 Å². The Bertz CT molecular complexity index is 1230. The zero-order valence-corrected chi connectivity index (χ0v) is 18.0. The number of nitrogens with zero attached hydrogens (tertiary/aromatic N) is 5. The molecule has 1 N–H and O–H groups in total. The van der Waals surface area contributed by atoms with Gasteiger partial charge in [-0.05, 0) is 23.6 Å². The maximum Gasteiger partial charge on any atom is 0.412 e. The summed E-state index contributed by atoms with van der Waals surface area (Å²) in [4.78, 5) is 26.2. The Morgan fingerprint density at radius 1 is 1.21 bits per heavy atom. The van der Waals surface area contributed by atoms with Crippen molar-refractivity contribution in [1.29, 1.82) is 0 Å². The fourth-order valence-corrected chi connectivity index (χ4v) is 3.83. The van der Waals surface area contributed by atoms with Crippen LogP contribution in [0.1, 0.15) is 27.7 Å². The van der Waals surface area contributed by atoms with Crippen molar-refractivity contribution in [1.82, 2.24) is 30.0 Å². The second-order valence-corrected chi connectivity index (χ2v) is 7.75. The van der Waals surface area contributed by atoms with Crippen molar-refractivity contribution in [2.75, 3.05) is 7.11 Å². The summed E-state index contributed by atoms with van der Waals surface area (Å²) in [6.45, 7) is -0.0983. The Morgan fingerprint density at radius 2 is 2.06 bits per heavy atom. The molecule has 0 aromatic carbocycles. The maximum atomic E-state index is 13.7. The highest BCUT2D eigenvalue weighted by Crippen LogP contribution is 2.33. The molecule has 170 valence electrons. The molecule has 1 atom stereocenters. The Labute approximate surface area is 190 Å². The van der Waals surface area contributed by atoms with Crippen molar-refractivity contribution in [3.05, 3.63) is 77.3 Å². The number of ether oxygens (including phenoxy) is 1. The molecule has 0 fully saturated rings. The van der Waals surface area contributed by atoms with Crippen molar-refractivity contribution < 1.29 is 22.7 Å². The number of methoxy groups -OCH3 is 1. The molecule has 33 heavy (non-hydrogen) atoms. The summed E-state index contributed by atoms with van der Waals surface area (Å²) in [5, 5.41) is 8.09. The van der Waals surface area contributed by atoms with Gasteiger partial charge in [0.15, 0.2) is 6.04 Å². The number of carbonyl (C=O) groups is 1. The SMILES string of the molecule is COCc1c(C(=O)N[C@@H](c2cccnc2)C(F)(F)F)cnn1-c1nccc(-c2cccs2)n1. The monoisotopic (exact) mass is 474 g/mol. The number of carbonyl (C=O) groups excluding carboxylic acids is 1. The summed E-state index contributed by atoms with van der Waals surface area (Å²) in [5.74, 6) is -0.805. The van der Waals surface area contributed by atoms with Gasteiger partial charge in [-0.1, -0.05) is 12.1 Å². The van der Waals surface area contributed by atoms with E-state index in [9.17, 15) is 18.0 Å². The average Bonchev–Trinajstić information content (AvgIpc) is 3.48. The molecule has 0 unspecified atom stereocenters. The molecule has 0 saturated carbocycles. The number of alkyl halides is 3. The fourth-order valence-electron chi connectivity index (χ4n) is 3.13. The summed E-state index contributed by atoms with van der Waals surface area (Å²) in [5.41, 5.74) is 0.588. The molecule has 4 rings (SSSR count). The van der Waals surface area contributed by atoms with E-state index < -0.39 is 18.1 Å². The molecule has 4 aromatic heterocycles. The molecule has 0 aliphatic carbocycles. The van der Waals surface area contributed by atoms with Gasteiger partial charge in [0.25, 0.3) is 11.9 Å². The number of thiophene rings is 1. The minimum absolute atomic E-state index is 0.0832. The molecule has 0 spiro atoms. The van der Waals surface area contributed by atoms with Gasteiger partial charge in [-0.2, -0.15) is 23.0 Å². The highest BCUT2D eigenvalue weighted by atomic mass is 32.1. The van der Waals surface area contributed by atoms with Gasteiger partial charge in [0, 0.05) is 31.3 Å². The number of amides is 1. The van der Waals surface area contributed by atoms with Crippen LogP contribution in [0, 0.1) is 0 Å². The Kier molecular flexibility index (Phi) is 6.47. The summed E-state index contributed by atoms with van der Waals surface area (Å²) in [7, 11) is 1.40. The van der Waals surface area contributed by atoms with Crippen LogP contribution >= 0.6 is 11.3 Å². The normalized spacial score (nSPS) is 12.5. The number of nitrogens with one attached hydrogen (secondary N) is 1. The number of halogens is 3. The van der Waals surface area contributed by atoms with Gasteiger partial charge in [-0.15, -0.1) is 11.3 Å². The molecule has 4 aromatic rings. The van der Waals surface area contributed by atoms with Gasteiger partial charge < -0.3 is 10.1 Å². The lowest BCUT2D eigenvalue weighted by atomic mass is 10.1. The third-order valence-corrected chi connectivity index (χ3v) is 5.51. The lowest BCUT2D eigenvalue weighted by molar-refractivity contribution is -0.155. The second kappa shape index (κ2) is 9.46. The molecule has 1 amide bonds. The zero-order chi connectivity index (χ0) is 23.4. The Hall–Kier alpha value is -3.64. The predicted octanol–water partition coefficient (Wildman–Crippen LogP) is 3.97. The first kappa shape index (κ1) is 22.6. The first-order valence-electron chi connectivity index (χ1n) is 9.59. The summed E-state index contributed by atoms with van der Waals surface area (Å²) < 4.78 is 47.5. The third kappa shape index (κ3) is 4.91. The summed E-state index contributed by atoms with van der Waals surface area (Å²) in [6, 6.07) is 5.88. The molecule has 0 aliphatic rings. The first-order chi connectivity index (χ1) is 15.9. The van der Waals surface area contributed by atoms with E-state index in [1.165, 1.54) is 53.9 Å². The smallest absolute Gasteiger partial charge is 0.378 e. The van der Waals surface area contributed by atoms with Crippen molar-refractivity contribution in [2.24, 2.45) is 0 Å². The van der Waals surface area contributed by atoms with Crippen LogP contribution in [0.25, 0.3) is 16.5 Å². The predicted molar refractivity (Wildman–Crippen MR) is 114 cm³/mol. The first-order valence-corrected chi connectivity index (χ1v) is 10.5. The van der Waals surface area contributed by atoms with Crippen LogP contribution in [-0.4, -0.2) is 43.9 Å². The highest BCUT2D eigenvalue weighted by molar-refractivity contribution is 7.13. The van der Waals surface area contributed by atoms with Gasteiger partial charge in [0.1, 0.15) is 0 Å². The van der Waals surface area contributed by atoms with Crippen LogP contribution in [0.15, 0.2) is 60.5 Å². The minimum Gasteiger partial charge on any atom is -0.378 e. The van der Waals surface area contributed by atoms with Crippen LogP contribution < -0.4 is 5.32 Å². The largest absolute Gasteiger partial charge is 0.412 e. The quantitative estimate of drug-likeness (QED) is 0.436. The second-order valence-electron chi connectivity index (χ2n) is 6.80. The van der Waals surface area contributed by atoms with Crippen LogP contribution in [0.4, 0.5) is 13.2 Å². The lowest BCUT2D eigenvalue weighted by Gasteiger charge is -2.21. The zero-order valence-electron chi connectivity index (χ0n) is 17.2. The van der Waals surface area contributed by atoms with E-state index in [0.29, 0.717) is 5.69 Å². The average molecular weight is 474 g/mol. The van der Waals surface area contributed by atoms with Crippen LogP contribution in [0.3, 0.4) is 0 Å². The lowest BCUT2D eigenvalue weighted by Crippen LogP contribution is -2.38. The maximum absolute atomic E-state index is 13.7. The number of rotatable bonds is 7. The number of aromatic nitrogens is 5. The van der Waals surface area contributed by atoms with Crippen molar-refractivity contribution in [3.8, 4) is 16.5 Å². The van der Waals surface area contributed by atoms with E-state index in [-0.39, 0.29) is 29.4 Å². The van der Waals surface area contributed by atoms with Crippen LogP contribution in [0.5, 0.6) is 0 Å². The number of pyridine rings is 1. The third-order valence-electron chi connectivity index (χ3n) is 4.62. The molecule has 4 heterocycles. The summed E-state index contributed by atoms with van der Waals surface area (Å²) >= 11 is 1.49. The molecular weight excluding hydrogens is 457 g/mol. The standard InChI is InChI=1S/C21H17F3N6O2S/c1-32-12-16-14(19(31)29-18(21(22,23)24)13-4-2-7-25-10-13)11-27-30(16)20-26-8-6-15(28-20)17-5-3-9-33-17/h2-11,18H,12H2,1H3,(H,29,31)/t18-/m0/s1. The molecule has 8 nitrogen and oxygen atoms in total. The Balaban J connectivity index is 1.68. The number of hydrogen-bond acceptors (Lipinski definition) is 7. The van der Waals surface area contributed by atoms with E-state index >= 15 is 0 Å². The molecule has 0 bridgehead atoms. The van der Waals surface area contributed by atoms with E-state index in [2.05, 4.69) is 20.1 Å². The minimum atomic E-state index is -4.73. The van der Waals surface area contributed by atoms with Crippen molar-refractivity contribution in [3.63, 3.8) is 0 Å². The van der Waals surface area contributed by atoms with Crippen LogP contribution in [0.2, 0.25) is 0 Å². The van der Waals surface area contributed by atoms with E-state index in [1.54, 1.807) is 6.07 Å². The van der Waals surface area contributed by atoms with Gasteiger partial charge in [0.2, 0.25) is 0 Å². The molecule has 0 saturated heterocycles. The van der Waals surface area contributed by atoms with Gasteiger partial charge in [0.05, 0.1) is 34.6 Å². The molecular formula is C21H17F3N6O2S. The number of hydrogen-bond donors (Lipinski definition) is 1. The van der Waals surface area contributed by atoms with E-state index in [0.717, 1.165) is 11.1 Å². The highest BCUT2D eigenvalue weighted by Gasteiger charge is 2.42. The topological polar surface area (TPSA) is 94.8 Å². The van der Waals surface area contributed by atoms with Crippen LogP contribution in [-0.2, 0) is 11.3 Å². The Morgan fingerprint density at radius 3 is 2.73 bits per heavy atom.